The minimum absolute atomic E-state index is 0.163. The topological polar surface area (TPSA) is 41.1 Å². The van der Waals surface area contributed by atoms with Crippen molar-refractivity contribution in [3.8, 4) is 0 Å². The van der Waals surface area contributed by atoms with Gasteiger partial charge in [0.25, 0.3) is 0 Å². The first-order chi connectivity index (χ1) is 7.79. The molecule has 3 atom stereocenters. The summed E-state index contributed by atoms with van der Waals surface area (Å²) in [6, 6.07) is 0.621. The smallest absolute Gasteiger partial charge is 0.233 e. The van der Waals surface area contributed by atoms with Crippen molar-refractivity contribution in [2.75, 3.05) is 13.1 Å². The van der Waals surface area contributed by atoms with E-state index in [2.05, 4.69) is 17.6 Å². The van der Waals surface area contributed by atoms with Crippen LogP contribution in [0.25, 0.3) is 0 Å². The number of hydrogen-bond donors (Lipinski definition) is 2. The Balaban J connectivity index is 1.59. The second kappa shape index (κ2) is 5.67. The number of rotatable bonds is 6. The molecule has 2 aliphatic carbocycles. The Bertz CT molecular complexity index is 242. The fourth-order valence-electron chi connectivity index (χ4n) is 3.19. The molecule has 1 amide bonds. The van der Waals surface area contributed by atoms with Crippen LogP contribution in [0.3, 0.4) is 0 Å². The maximum atomic E-state index is 11.5. The summed E-state index contributed by atoms with van der Waals surface area (Å²) in [5.74, 6) is 1.97. The molecular formula is C13H24N2O. The van der Waals surface area contributed by atoms with Gasteiger partial charge < -0.3 is 10.6 Å². The average Bonchev–Trinajstić information content (AvgIpc) is 2.88. The van der Waals surface area contributed by atoms with Gasteiger partial charge in [-0.2, -0.15) is 0 Å². The van der Waals surface area contributed by atoms with Crippen molar-refractivity contribution in [2.24, 2.45) is 11.8 Å². The van der Waals surface area contributed by atoms with E-state index in [-0.39, 0.29) is 5.91 Å². The van der Waals surface area contributed by atoms with E-state index in [0.717, 1.165) is 31.2 Å². The van der Waals surface area contributed by atoms with Gasteiger partial charge >= 0.3 is 0 Å². The van der Waals surface area contributed by atoms with Gasteiger partial charge in [0.1, 0.15) is 0 Å². The zero-order valence-corrected chi connectivity index (χ0v) is 10.3. The van der Waals surface area contributed by atoms with Crippen LogP contribution >= 0.6 is 0 Å². The molecular weight excluding hydrogens is 200 g/mol. The second-order valence-electron chi connectivity index (χ2n) is 5.37. The molecule has 2 aliphatic rings. The number of carbonyl (C=O) groups excluding carboxylic acids is 1. The molecule has 0 heterocycles. The summed E-state index contributed by atoms with van der Waals surface area (Å²) in [5.41, 5.74) is 0. The Morgan fingerprint density at radius 1 is 1.31 bits per heavy atom. The van der Waals surface area contributed by atoms with Crippen LogP contribution < -0.4 is 10.6 Å². The quantitative estimate of drug-likeness (QED) is 0.674. The standard InChI is InChI=1S/C13H24N2O/c1-2-3-6-14-13(16)9-15-12-8-10-4-5-11(12)7-10/h10-12,15H,2-9H2,1H3,(H,14,16). The zero-order chi connectivity index (χ0) is 11.4. The van der Waals surface area contributed by atoms with Gasteiger partial charge in [-0.25, -0.2) is 0 Å². The highest BCUT2D eigenvalue weighted by Gasteiger charge is 2.39. The van der Waals surface area contributed by atoms with Crippen LogP contribution in [0.5, 0.6) is 0 Å². The van der Waals surface area contributed by atoms with Gasteiger partial charge in [0.15, 0.2) is 0 Å². The summed E-state index contributed by atoms with van der Waals surface area (Å²) >= 11 is 0. The minimum Gasteiger partial charge on any atom is -0.355 e. The van der Waals surface area contributed by atoms with Crippen molar-refractivity contribution in [3.05, 3.63) is 0 Å². The van der Waals surface area contributed by atoms with Crippen LogP contribution in [0.2, 0.25) is 0 Å². The lowest BCUT2D eigenvalue weighted by atomic mass is 9.95. The van der Waals surface area contributed by atoms with Crippen molar-refractivity contribution >= 4 is 5.91 Å². The molecule has 0 saturated heterocycles. The van der Waals surface area contributed by atoms with Gasteiger partial charge in [0, 0.05) is 12.6 Å². The Morgan fingerprint density at radius 3 is 2.81 bits per heavy atom. The first-order valence-corrected chi connectivity index (χ1v) is 6.79. The highest BCUT2D eigenvalue weighted by atomic mass is 16.1. The largest absolute Gasteiger partial charge is 0.355 e. The zero-order valence-electron chi connectivity index (χ0n) is 10.3. The average molecular weight is 224 g/mol. The molecule has 0 aromatic carbocycles. The minimum atomic E-state index is 0.163. The molecule has 2 rings (SSSR count). The maximum Gasteiger partial charge on any atom is 0.233 e. The number of unbranched alkanes of at least 4 members (excludes halogenated alkanes) is 1. The number of carbonyl (C=O) groups is 1. The highest BCUT2D eigenvalue weighted by Crippen LogP contribution is 2.44. The van der Waals surface area contributed by atoms with Crippen molar-refractivity contribution in [2.45, 2.75) is 51.5 Å². The van der Waals surface area contributed by atoms with Gasteiger partial charge in [0.2, 0.25) is 5.91 Å². The summed E-state index contributed by atoms with van der Waals surface area (Å²) in [4.78, 5) is 11.5. The van der Waals surface area contributed by atoms with E-state index in [1.165, 1.54) is 25.7 Å². The summed E-state index contributed by atoms with van der Waals surface area (Å²) in [6.07, 6.45) is 7.72. The van der Waals surface area contributed by atoms with Crippen LogP contribution in [-0.4, -0.2) is 25.0 Å². The third-order valence-electron chi connectivity index (χ3n) is 4.12. The molecule has 92 valence electrons. The van der Waals surface area contributed by atoms with E-state index in [9.17, 15) is 4.79 Å². The third-order valence-corrected chi connectivity index (χ3v) is 4.12. The lowest BCUT2D eigenvalue weighted by Crippen LogP contribution is -2.41. The number of fused-ring (bicyclic) bond motifs is 2. The van der Waals surface area contributed by atoms with Crippen molar-refractivity contribution in [1.82, 2.24) is 10.6 Å². The summed E-state index contributed by atoms with van der Waals surface area (Å²) in [7, 11) is 0. The Labute approximate surface area is 98.4 Å². The molecule has 0 aliphatic heterocycles. The molecule has 3 unspecified atom stereocenters. The summed E-state index contributed by atoms with van der Waals surface area (Å²) < 4.78 is 0. The fourth-order valence-corrected chi connectivity index (χ4v) is 3.19. The van der Waals surface area contributed by atoms with Crippen molar-refractivity contribution in [3.63, 3.8) is 0 Å². The number of amides is 1. The monoisotopic (exact) mass is 224 g/mol. The van der Waals surface area contributed by atoms with E-state index in [0.29, 0.717) is 12.6 Å². The van der Waals surface area contributed by atoms with Crippen LogP contribution in [0.15, 0.2) is 0 Å². The number of nitrogens with one attached hydrogen (secondary N) is 2. The molecule has 2 bridgehead atoms. The molecule has 2 N–H and O–H groups in total. The van der Waals surface area contributed by atoms with Crippen LogP contribution in [0, 0.1) is 11.8 Å². The first kappa shape index (κ1) is 11.9. The third kappa shape index (κ3) is 2.97. The predicted molar refractivity (Wildman–Crippen MR) is 65.2 cm³/mol. The van der Waals surface area contributed by atoms with Gasteiger partial charge in [0.05, 0.1) is 6.54 Å². The molecule has 0 radical (unpaired) electrons. The van der Waals surface area contributed by atoms with E-state index in [4.69, 9.17) is 0 Å². The van der Waals surface area contributed by atoms with Crippen LogP contribution in [0.4, 0.5) is 0 Å². The van der Waals surface area contributed by atoms with E-state index in [1.54, 1.807) is 0 Å². The van der Waals surface area contributed by atoms with Gasteiger partial charge in [-0.15, -0.1) is 0 Å². The van der Waals surface area contributed by atoms with Gasteiger partial charge in [-0.1, -0.05) is 19.8 Å². The van der Waals surface area contributed by atoms with Gasteiger partial charge in [-0.05, 0) is 37.5 Å². The Kier molecular flexibility index (Phi) is 4.22. The summed E-state index contributed by atoms with van der Waals surface area (Å²) in [5, 5.41) is 6.38. The second-order valence-corrected chi connectivity index (χ2v) is 5.37. The number of hydrogen-bond acceptors (Lipinski definition) is 2. The van der Waals surface area contributed by atoms with E-state index < -0.39 is 0 Å². The molecule has 3 nitrogen and oxygen atoms in total. The van der Waals surface area contributed by atoms with E-state index in [1.807, 2.05) is 0 Å². The van der Waals surface area contributed by atoms with Crippen LogP contribution in [-0.2, 0) is 4.79 Å². The molecule has 16 heavy (non-hydrogen) atoms. The normalized spacial score (nSPS) is 31.9. The molecule has 3 heteroatoms. The lowest BCUT2D eigenvalue weighted by molar-refractivity contribution is -0.120. The first-order valence-electron chi connectivity index (χ1n) is 6.79. The molecule has 0 spiro atoms. The van der Waals surface area contributed by atoms with Gasteiger partial charge in [-0.3, -0.25) is 4.79 Å². The van der Waals surface area contributed by atoms with Crippen molar-refractivity contribution in [1.29, 1.82) is 0 Å². The fraction of sp³-hybridized carbons (Fsp3) is 0.923. The van der Waals surface area contributed by atoms with Crippen molar-refractivity contribution < 1.29 is 4.79 Å². The summed E-state index contributed by atoms with van der Waals surface area (Å²) in [6.45, 7) is 3.48. The SMILES string of the molecule is CCCCNC(=O)CNC1CC2CCC1C2. The molecule has 2 saturated carbocycles. The predicted octanol–water partition coefficient (Wildman–Crippen LogP) is 1.68. The maximum absolute atomic E-state index is 11.5. The van der Waals surface area contributed by atoms with E-state index >= 15 is 0 Å². The molecule has 0 aromatic heterocycles. The highest BCUT2D eigenvalue weighted by molar-refractivity contribution is 5.77. The molecule has 0 aromatic rings. The Morgan fingerprint density at radius 2 is 2.19 bits per heavy atom. The Hall–Kier alpha value is -0.570. The van der Waals surface area contributed by atoms with Crippen LogP contribution in [0.1, 0.15) is 45.4 Å². The molecule has 2 fully saturated rings. The lowest BCUT2D eigenvalue weighted by Gasteiger charge is -2.22.